The molecule has 1 saturated heterocycles. The molecule has 1 fully saturated rings. The standard InChI is InChI=1S/C10H19NO5S2/c1-7(2)9-11(8(6-17-9)10(12)13)18(14,15)5-4-16-3/h7-9H,4-6H2,1-3H3,(H,12,13). The third-order valence-electron chi connectivity index (χ3n) is 2.70. The van der Waals surface area contributed by atoms with Gasteiger partial charge in [0.05, 0.1) is 17.7 Å². The van der Waals surface area contributed by atoms with Crippen molar-refractivity contribution in [3.05, 3.63) is 0 Å². The second kappa shape index (κ2) is 6.23. The Bertz CT molecular complexity index is 395. The van der Waals surface area contributed by atoms with Crippen LogP contribution in [0.2, 0.25) is 0 Å². The lowest BCUT2D eigenvalue weighted by Crippen LogP contribution is -2.48. The largest absolute Gasteiger partial charge is 0.480 e. The number of thioether (sulfide) groups is 1. The predicted molar refractivity (Wildman–Crippen MR) is 70.0 cm³/mol. The third kappa shape index (κ3) is 3.37. The second-order valence-electron chi connectivity index (χ2n) is 4.46. The molecule has 0 bridgehead atoms. The van der Waals surface area contributed by atoms with Crippen LogP contribution < -0.4 is 0 Å². The molecule has 1 N–H and O–H groups in total. The van der Waals surface area contributed by atoms with Crippen LogP contribution >= 0.6 is 11.8 Å². The van der Waals surface area contributed by atoms with E-state index < -0.39 is 22.0 Å². The summed E-state index contributed by atoms with van der Waals surface area (Å²) in [5.41, 5.74) is 0. The molecular weight excluding hydrogens is 278 g/mol. The smallest absolute Gasteiger partial charge is 0.322 e. The lowest BCUT2D eigenvalue weighted by Gasteiger charge is -2.28. The summed E-state index contributed by atoms with van der Waals surface area (Å²) in [6.45, 7) is 3.85. The van der Waals surface area contributed by atoms with Crippen LogP contribution in [0.25, 0.3) is 0 Å². The van der Waals surface area contributed by atoms with Gasteiger partial charge in [0.2, 0.25) is 10.0 Å². The Balaban J connectivity index is 2.99. The van der Waals surface area contributed by atoms with Gasteiger partial charge >= 0.3 is 5.97 Å². The summed E-state index contributed by atoms with van der Waals surface area (Å²) in [6.07, 6.45) is 0. The number of hydrogen-bond donors (Lipinski definition) is 1. The Morgan fingerprint density at radius 1 is 1.56 bits per heavy atom. The number of carbonyl (C=O) groups is 1. The topological polar surface area (TPSA) is 83.9 Å². The van der Waals surface area contributed by atoms with E-state index in [-0.39, 0.29) is 23.7 Å². The van der Waals surface area contributed by atoms with Crippen molar-refractivity contribution in [3.63, 3.8) is 0 Å². The lowest BCUT2D eigenvalue weighted by atomic mass is 10.2. The number of nitrogens with zero attached hydrogens (tertiary/aromatic N) is 1. The number of hydrogen-bond acceptors (Lipinski definition) is 5. The molecule has 2 atom stereocenters. The minimum Gasteiger partial charge on any atom is -0.480 e. The molecule has 8 heteroatoms. The van der Waals surface area contributed by atoms with E-state index >= 15 is 0 Å². The van der Waals surface area contributed by atoms with Gasteiger partial charge in [-0.1, -0.05) is 13.8 Å². The van der Waals surface area contributed by atoms with Crippen molar-refractivity contribution in [2.45, 2.75) is 25.3 Å². The van der Waals surface area contributed by atoms with Gasteiger partial charge in [0.25, 0.3) is 0 Å². The van der Waals surface area contributed by atoms with Crippen molar-refractivity contribution in [2.24, 2.45) is 5.92 Å². The van der Waals surface area contributed by atoms with E-state index in [1.165, 1.54) is 18.9 Å². The van der Waals surface area contributed by atoms with Gasteiger partial charge in [-0.3, -0.25) is 4.79 Å². The fraction of sp³-hybridized carbons (Fsp3) is 0.900. The minimum atomic E-state index is -3.60. The van der Waals surface area contributed by atoms with Crippen molar-refractivity contribution in [3.8, 4) is 0 Å². The molecule has 1 rings (SSSR count). The van der Waals surface area contributed by atoms with Crippen molar-refractivity contribution in [1.29, 1.82) is 0 Å². The Kier molecular flexibility index (Phi) is 5.45. The molecule has 0 aromatic heterocycles. The Hall–Kier alpha value is -0.310. The molecule has 1 aliphatic heterocycles. The summed E-state index contributed by atoms with van der Waals surface area (Å²) in [5, 5.41) is 8.81. The molecule has 0 aromatic carbocycles. The third-order valence-corrected chi connectivity index (χ3v) is 6.27. The maximum Gasteiger partial charge on any atom is 0.322 e. The molecule has 0 spiro atoms. The van der Waals surface area contributed by atoms with Gasteiger partial charge in [-0.25, -0.2) is 8.42 Å². The molecule has 0 radical (unpaired) electrons. The van der Waals surface area contributed by atoms with Crippen LogP contribution in [-0.4, -0.2) is 60.4 Å². The fourth-order valence-corrected chi connectivity index (χ4v) is 5.56. The van der Waals surface area contributed by atoms with Gasteiger partial charge < -0.3 is 9.84 Å². The first kappa shape index (κ1) is 15.7. The Labute approximate surface area is 112 Å². The minimum absolute atomic E-state index is 0.0664. The van der Waals surface area contributed by atoms with Crippen LogP contribution in [0.4, 0.5) is 0 Å². The van der Waals surface area contributed by atoms with E-state index in [2.05, 4.69) is 0 Å². The normalized spacial score (nSPS) is 25.8. The van der Waals surface area contributed by atoms with E-state index in [1.807, 2.05) is 13.8 Å². The molecule has 6 nitrogen and oxygen atoms in total. The summed E-state index contributed by atoms with van der Waals surface area (Å²) < 4.78 is 30.3. The first-order chi connectivity index (χ1) is 8.31. The zero-order valence-electron chi connectivity index (χ0n) is 10.7. The Morgan fingerprint density at radius 2 is 2.17 bits per heavy atom. The molecule has 18 heavy (non-hydrogen) atoms. The average Bonchev–Trinajstić information content (AvgIpc) is 2.71. The van der Waals surface area contributed by atoms with Crippen LogP contribution in [0.3, 0.4) is 0 Å². The zero-order valence-corrected chi connectivity index (χ0v) is 12.3. The van der Waals surface area contributed by atoms with Gasteiger partial charge in [-0.15, -0.1) is 11.8 Å². The summed E-state index contributed by atoms with van der Waals surface area (Å²) in [5.74, 6) is -0.912. The monoisotopic (exact) mass is 297 g/mol. The van der Waals surface area contributed by atoms with Crippen molar-refractivity contribution >= 4 is 27.8 Å². The predicted octanol–water partition coefficient (Wildman–Crippen LogP) is 0.447. The molecule has 0 aliphatic carbocycles. The molecule has 2 unspecified atom stereocenters. The highest BCUT2D eigenvalue weighted by Crippen LogP contribution is 2.36. The second-order valence-corrected chi connectivity index (χ2v) is 7.60. The number of aliphatic carboxylic acids is 1. The van der Waals surface area contributed by atoms with Gasteiger partial charge in [0.15, 0.2) is 0 Å². The average molecular weight is 297 g/mol. The molecular formula is C10H19NO5S2. The zero-order chi connectivity index (χ0) is 13.9. The van der Waals surface area contributed by atoms with E-state index in [4.69, 9.17) is 9.84 Å². The van der Waals surface area contributed by atoms with E-state index in [0.29, 0.717) is 5.75 Å². The van der Waals surface area contributed by atoms with Crippen molar-refractivity contribution < 1.29 is 23.1 Å². The molecule has 0 amide bonds. The Morgan fingerprint density at radius 3 is 2.61 bits per heavy atom. The van der Waals surface area contributed by atoms with E-state index in [1.54, 1.807) is 0 Å². The highest BCUT2D eigenvalue weighted by molar-refractivity contribution is 8.01. The van der Waals surface area contributed by atoms with Gasteiger partial charge in [0, 0.05) is 12.9 Å². The summed E-state index contributed by atoms with van der Waals surface area (Å²) >= 11 is 1.38. The van der Waals surface area contributed by atoms with Crippen LogP contribution in [0.15, 0.2) is 0 Å². The summed E-state index contributed by atoms with van der Waals surface area (Å²) in [6, 6.07) is -0.968. The molecule has 0 aromatic rings. The number of carboxylic acids is 1. The number of rotatable bonds is 6. The highest BCUT2D eigenvalue weighted by Gasteiger charge is 2.46. The van der Waals surface area contributed by atoms with Gasteiger partial charge in [-0.05, 0) is 5.92 Å². The number of ether oxygens (including phenoxy) is 1. The van der Waals surface area contributed by atoms with Gasteiger partial charge in [-0.2, -0.15) is 4.31 Å². The van der Waals surface area contributed by atoms with E-state index in [0.717, 1.165) is 4.31 Å². The van der Waals surface area contributed by atoms with Crippen LogP contribution in [0.5, 0.6) is 0 Å². The lowest BCUT2D eigenvalue weighted by molar-refractivity contribution is -0.140. The fourth-order valence-electron chi connectivity index (χ4n) is 1.83. The summed E-state index contributed by atoms with van der Waals surface area (Å²) in [4.78, 5) is 11.1. The number of sulfonamides is 1. The maximum absolute atomic E-state index is 12.2. The van der Waals surface area contributed by atoms with Crippen molar-refractivity contribution in [1.82, 2.24) is 4.31 Å². The first-order valence-electron chi connectivity index (χ1n) is 5.65. The molecule has 1 heterocycles. The van der Waals surface area contributed by atoms with Crippen LogP contribution in [-0.2, 0) is 19.6 Å². The molecule has 0 saturated carbocycles. The number of carboxylic acid groups (broad SMARTS) is 1. The van der Waals surface area contributed by atoms with Crippen molar-refractivity contribution in [2.75, 3.05) is 25.2 Å². The van der Waals surface area contributed by atoms with Crippen LogP contribution in [0.1, 0.15) is 13.8 Å². The molecule has 106 valence electrons. The molecule has 1 aliphatic rings. The summed E-state index contributed by atoms with van der Waals surface area (Å²) in [7, 11) is -2.18. The number of methoxy groups -OCH3 is 1. The van der Waals surface area contributed by atoms with Gasteiger partial charge in [0.1, 0.15) is 6.04 Å². The van der Waals surface area contributed by atoms with Crippen LogP contribution in [0, 0.1) is 5.92 Å². The quantitative estimate of drug-likeness (QED) is 0.766. The highest BCUT2D eigenvalue weighted by atomic mass is 32.2. The SMILES string of the molecule is COCCS(=O)(=O)N1C(C(=O)O)CSC1C(C)C. The van der Waals surface area contributed by atoms with E-state index in [9.17, 15) is 13.2 Å². The maximum atomic E-state index is 12.2. The first-order valence-corrected chi connectivity index (χ1v) is 8.31.